The van der Waals surface area contributed by atoms with Crippen LogP contribution in [0.5, 0.6) is 0 Å². The minimum absolute atomic E-state index is 0.221. The summed E-state index contributed by atoms with van der Waals surface area (Å²) in [5.74, 6) is 0.956. The Morgan fingerprint density at radius 3 is 2.95 bits per heavy atom. The molecule has 22 heavy (non-hydrogen) atoms. The third-order valence-corrected chi connectivity index (χ3v) is 6.04. The summed E-state index contributed by atoms with van der Waals surface area (Å²) in [6, 6.07) is 2.48. The van der Waals surface area contributed by atoms with Crippen LogP contribution >= 0.6 is 11.3 Å². The highest BCUT2D eigenvalue weighted by Crippen LogP contribution is 2.36. The van der Waals surface area contributed by atoms with Crippen LogP contribution in [-0.2, 0) is 0 Å². The van der Waals surface area contributed by atoms with Crippen LogP contribution in [0.4, 0.5) is 0 Å². The molecule has 2 aliphatic rings. The average Bonchev–Trinajstić information content (AvgIpc) is 3.24. The van der Waals surface area contributed by atoms with Crippen LogP contribution in [0.2, 0.25) is 0 Å². The normalized spacial score (nSPS) is 25.0. The summed E-state index contributed by atoms with van der Waals surface area (Å²) in [5.41, 5.74) is 0.833. The fraction of sp³-hybridized carbons (Fsp3) is 0.529. The van der Waals surface area contributed by atoms with Gasteiger partial charge in [-0.15, -0.1) is 11.3 Å². The molecule has 1 aliphatic heterocycles. The van der Waals surface area contributed by atoms with E-state index in [9.17, 15) is 4.79 Å². The Labute approximate surface area is 134 Å². The Hall–Kier alpha value is -1.62. The molecule has 1 amide bonds. The molecule has 0 bridgehead atoms. The van der Waals surface area contributed by atoms with Crippen LogP contribution in [0, 0.1) is 5.92 Å². The molecule has 0 spiro atoms. The van der Waals surface area contributed by atoms with Crippen molar-refractivity contribution in [1.29, 1.82) is 0 Å². The Balaban J connectivity index is 1.56. The summed E-state index contributed by atoms with van der Waals surface area (Å²) < 4.78 is 1.96. The molecule has 2 fully saturated rings. The number of aromatic nitrogens is 2. The molecule has 2 aromatic heterocycles. The van der Waals surface area contributed by atoms with Crippen LogP contribution in [0.1, 0.15) is 48.9 Å². The smallest absolute Gasteiger partial charge is 0.255 e. The first-order chi connectivity index (χ1) is 10.8. The van der Waals surface area contributed by atoms with Crippen molar-refractivity contribution in [3.8, 4) is 5.00 Å². The van der Waals surface area contributed by atoms with E-state index in [-0.39, 0.29) is 5.91 Å². The number of hydrogen-bond acceptors (Lipinski definition) is 3. The Morgan fingerprint density at radius 1 is 1.23 bits per heavy atom. The third-order valence-electron chi connectivity index (χ3n) is 5.10. The predicted octanol–water partition coefficient (Wildman–Crippen LogP) is 3.73. The molecule has 4 rings (SSSR count). The molecule has 2 unspecified atom stereocenters. The van der Waals surface area contributed by atoms with Gasteiger partial charge in [-0.2, -0.15) is 0 Å². The first-order valence-corrected chi connectivity index (χ1v) is 9.09. The maximum Gasteiger partial charge on any atom is 0.255 e. The average molecular weight is 315 g/mol. The topological polar surface area (TPSA) is 38.1 Å². The summed E-state index contributed by atoms with van der Waals surface area (Å²) in [6.07, 6.45) is 13.0. The van der Waals surface area contributed by atoms with E-state index in [0.29, 0.717) is 6.04 Å². The molecule has 1 aliphatic carbocycles. The lowest BCUT2D eigenvalue weighted by Gasteiger charge is -2.44. The SMILES string of the molecule is O=C(c1csc(-n2ccnc2)c1)N1CCCC2CCCCC21. The van der Waals surface area contributed by atoms with Crippen molar-refractivity contribution in [2.24, 2.45) is 5.92 Å². The highest BCUT2D eigenvalue weighted by atomic mass is 32.1. The molecule has 0 radical (unpaired) electrons. The Bertz CT molecular complexity index is 647. The highest BCUT2D eigenvalue weighted by Gasteiger charge is 2.36. The van der Waals surface area contributed by atoms with Crippen molar-refractivity contribution >= 4 is 17.2 Å². The molecule has 1 saturated carbocycles. The van der Waals surface area contributed by atoms with Crippen LogP contribution in [0.25, 0.3) is 5.00 Å². The molecule has 1 saturated heterocycles. The van der Waals surface area contributed by atoms with Gasteiger partial charge in [0.25, 0.3) is 5.91 Å². The van der Waals surface area contributed by atoms with E-state index in [1.165, 1.54) is 32.1 Å². The molecule has 2 aromatic rings. The van der Waals surface area contributed by atoms with Gasteiger partial charge in [0.2, 0.25) is 0 Å². The van der Waals surface area contributed by atoms with Gasteiger partial charge in [-0.25, -0.2) is 4.98 Å². The number of likely N-dealkylation sites (tertiary alicyclic amines) is 1. The van der Waals surface area contributed by atoms with Crippen LogP contribution in [0.15, 0.2) is 30.2 Å². The minimum atomic E-state index is 0.221. The molecule has 116 valence electrons. The fourth-order valence-electron chi connectivity index (χ4n) is 4.00. The first kappa shape index (κ1) is 14.0. The van der Waals surface area contributed by atoms with Crippen molar-refractivity contribution in [2.45, 2.75) is 44.6 Å². The molecule has 4 nitrogen and oxygen atoms in total. The van der Waals surface area contributed by atoms with E-state index in [4.69, 9.17) is 0 Å². The number of carbonyl (C=O) groups is 1. The van der Waals surface area contributed by atoms with Crippen LogP contribution in [-0.4, -0.2) is 32.9 Å². The van der Waals surface area contributed by atoms with Crippen molar-refractivity contribution in [3.63, 3.8) is 0 Å². The van der Waals surface area contributed by atoms with Gasteiger partial charge in [0.05, 0.1) is 11.9 Å². The summed E-state index contributed by atoms with van der Waals surface area (Å²) in [5, 5.41) is 3.04. The van der Waals surface area contributed by atoms with Crippen molar-refractivity contribution in [1.82, 2.24) is 14.5 Å². The van der Waals surface area contributed by atoms with Crippen molar-refractivity contribution < 1.29 is 4.79 Å². The van der Waals surface area contributed by atoms with E-state index < -0.39 is 0 Å². The third kappa shape index (κ3) is 2.47. The molecule has 2 atom stereocenters. The highest BCUT2D eigenvalue weighted by molar-refractivity contribution is 7.12. The van der Waals surface area contributed by atoms with E-state index in [2.05, 4.69) is 9.88 Å². The van der Waals surface area contributed by atoms with Gasteiger partial charge < -0.3 is 4.90 Å². The van der Waals surface area contributed by atoms with Crippen LogP contribution < -0.4 is 0 Å². The number of amides is 1. The standard InChI is InChI=1S/C17H21N3OS/c21-17(14-10-16(22-11-14)19-9-7-18-12-19)20-8-3-5-13-4-1-2-6-15(13)20/h7,9-13,15H,1-6,8H2. The number of imidazole rings is 1. The van der Waals surface area contributed by atoms with Gasteiger partial charge >= 0.3 is 0 Å². The fourth-order valence-corrected chi connectivity index (χ4v) is 4.85. The van der Waals surface area contributed by atoms with Gasteiger partial charge in [-0.3, -0.25) is 9.36 Å². The monoisotopic (exact) mass is 315 g/mol. The maximum atomic E-state index is 12.9. The molecule has 5 heteroatoms. The van der Waals surface area contributed by atoms with Gasteiger partial charge in [0.1, 0.15) is 5.00 Å². The van der Waals surface area contributed by atoms with Gasteiger partial charge in [-0.1, -0.05) is 12.8 Å². The zero-order chi connectivity index (χ0) is 14.9. The second kappa shape index (κ2) is 5.88. The van der Waals surface area contributed by atoms with E-state index in [0.717, 1.165) is 29.4 Å². The second-order valence-corrected chi connectivity index (χ2v) is 7.29. The van der Waals surface area contributed by atoms with Gasteiger partial charge in [0.15, 0.2) is 0 Å². The predicted molar refractivity (Wildman–Crippen MR) is 87.5 cm³/mol. The second-order valence-electron chi connectivity index (χ2n) is 6.40. The Morgan fingerprint density at radius 2 is 2.09 bits per heavy atom. The van der Waals surface area contributed by atoms with Gasteiger partial charge in [-0.05, 0) is 37.7 Å². The number of piperidine rings is 1. The first-order valence-electron chi connectivity index (χ1n) is 8.21. The summed E-state index contributed by atoms with van der Waals surface area (Å²) >= 11 is 1.60. The van der Waals surface area contributed by atoms with Crippen LogP contribution in [0.3, 0.4) is 0 Å². The molecule has 0 aromatic carbocycles. The molecule has 0 N–H and O–H groups in total. The summed E-state index contributed by atoms with van der Waals surface area (Å²) in [7, 11) is 0. The zero-order valence-electron chi connectivity index (χ0n) is 12.6. The number of fused-ring (bicyclic) bond motifs is 1. The molecule has 3 heterocycles. The van der Waals surface area contributed by atoms with E-state index in [1.54, 1.807) is 23.9 Å². The van der Waals surface area contributed by atoms with E-state index >= 15 is 0 Å². The quantitative estimate of drug-likeness (QED) is 0.847. The minimum Gasteiger partial charge on any atom is -0.335 e. The Kier molecular flexibility index (Phi) is 3.74. The molecular weight excluding hydrogens is 294 g/mol. The van der Waals surface area contributed by atoms with Gasteiger partial charge in [0, 0.05) is 30.4 Å². The lowest BCUT2D eigenvalue weighted by Crippen LogP contribution is -2.49. The lowest BCUT2D eigenvalue weighted by atomic mass is 9.78. The number of rotatable bonds is 2. The summed E-state index contributed by atoms with van der Waals surface area (Å²) in [6.45, 7) is 0.927. The maximum absolute atomic E-state index is 12.9. The summed E-state index contributed by atoms with van der Waals surface area (Å²) in [4.78, 5) is 19.2. The van der Waals surface area contributed by atoms with Crippen molar-refractivity contribution in [3.05, 3.63) is 35.7 Å². The number of carbonyl (C=O) groups excluding carboxylic acids is 1. The van der Waals surface area contributed by atoms with E-state index in [1.807, 2.05) is 22.2 Å². The number of hydrogen-bond donors (Lipinski definition) is 0. The molecular formula is C17H21N3OS. The zero-order valence-corrected chi connectivity index (χ0v) is 13.5. The van der Waals surface area contributed by atoms with Crippen molar-refractivity contribution in [2.75, 3.05) is 6.54 Å². The lowest BCUT2D eigenvalue weighted by molar-refractivity contribution is 0.0391. The number of thiophene rings is 1. The largest absolute Gasteiger partial charge is 0.335 e. The number of nitrogens with zero attached hydrogens (tertiary/aromatic N) is 3.